The molecule has 2 aliphatic rings. The van der Waals surface area contributed by atoms with Gasteiger partial charge in [0.2, 0.25) is 0 Å². The van der Waals surface area contributed by atoms with E-state index in [0.29, 0.717) is 17.7 Å². The highest BCUT2D eigenvalue weighted by atomic mass is 16.1. The van der Waals surface area contributed by atoms with E-state index in [4.69, 9.17) is 0 Å². The lowest BCUT2D eigenvalue weighted by atomic mass is 9.73. The molecular weight excluding hydrogens is 246 g/mol. The Morgan fingerprint density at radius 2 is 1.90 bits per heavy atom. The van der Waals surface area contributed by atoms with Gasteiger partial charge in [-0.2, -0.15) is 0 Å². The lowest BCUT2D eigenvalue weighted by Crippen LogP contribution is -2.55. The van der Waals surface area contributed by atoms with Gasteiger partial charge >= 0.3 is 0 Å². The van der Waals surface area contributed by atoms with E-state index in [2.05, 4.69) is 43.0 Å². The summed E-state index contributed by atoms with van der Waals surface area (Å²) in [5.41, 5.74) is 0.870. The molecule has 20 heavy (non-hydrogen) atoms. The van der Waals surface area contributed by atoms with Crippen LogP contribution in [0.1, 0.15) is 51.5 Å². The summed E-state index contributed by atoms with van der Waals surface area (Å²) in [5, 5.41) is 0. The number of Topliss-reactive ketones (excluding diaryl/α,β-unsaturated/α-hetero) is 1. The molecule has 108 valence electrons. The molecule has 0 spiro atoms. The number of likely N-dealkylation sites (tertiary alicyclic amines) is 1. The molecule has 0 amide bonds. The first kappa shape index (κ1) is 13.8. The van der Waals surface area contributed by atoms with Crippen molar-refractivity contribution in [3.8, 4) is 0 Å². The lowest BCUT2D eigenvalue weighted by Gasteiger charge is -2.46. The first-order chi connectivity index (χ1) is 9.66. The second kappa shape index (κ2) is 5.33. The van der Waals surface area contributed by atoms with E-state index in [1.165, 1.54) is 12.0 Å². The van der Waals surface area contributed by atoms with Gasteiger partial charge in [-0.05, 0) is 37.7 Å². The minimum absolute atomic E-state index is 0.344. The SMILES string of the molecule is CC1CCN([C@]2(c3ccccc3)CCCCC2=O)C1C. The van der Waals surface area contributed by atoms with E-state index >= 15 is 0 Å². The topological polar surface area (TPSA) is 20.3 Å². The van der Waals surface area contributed by atoms with Crippen molar-refractivity contribution in [1.29, 1.82) is 0 Å². The fourth-order valence-electron chi connectivity index (χ4n) is 4.13. The molecule has 1 aromatic rings. The second-order valence-electron chi connectivity index (χ2n) is 6.56. The van der Waals surface area contributed by atoms with Crippen LogP contribution < -0.4 is 0 Å². The lowest BCUT2D eigenvalue weighted by molar-refractivity contribution is -0.136. The third-order valence-electron chi connectivity index (χ3n) is 5.54. The highest BCUT2D eigenvalue weighted by molar-refractivity contribution is 5.90. The van der Waals surface area contributed by atoms with Gasteiger partial charge in [0.25, 0.3) is 0 Å². The van der Waals surface area contributed by atoms with Crippen LogP contribution in [-0.4, -0.2) is 23.3 Å². The Hall–Kier alpha value is -1.15. The molecule has 1 aliphatic heterocycles. The van der Waals surface area contributed by atoms with Crippen LogP contribution in [0, 0.1) is 5.92 Å². The van der Waals surface area contributed by atoms with Crippen LogP contribution in [0.5, 0.6) is 0 Å². The van der Waals surface area contributed by atoms with Gasteiger partial charge in [0.05, 0.1) is 0 Å². The zero-order chi connectivity index (χ0) is 14.2. The van der Waals surface area contributed by atoms with E-state index in [0.717, 1.165) is 32.2 Å². The van der Waals surface area contributed by atoms with E-state index in [1.807, 2.05) is 6.07 Å². The summed E-state index contributed by atoms with van der Waals surface area (Å²) >= 11 is 0. The van der Waals surface area contributed by atoms with Gasteiger partial charge in [0, 0.05) is 19.0 Å². The number of hydrogen-bond donors (Lipinski definition) is 0. The summed E-state index contributed by atoms with van der Waals surface area (Å²) < 4.78 is 0. The summed E-state index contributed by atoms with van der Waals surface area (Å²) in [7, 11) is 0. The minimum Gasteiger partial charge on any atom is -0.297 e. The molecule has 0 N–H and O–H groups in total. The molecule has 1 saturated carbocycles. The third-order valence-corrected chi connectivity index (χ3v) is 5.54. The number of rotatable bonds is 2. The Morgan fingerprint density at radius 1 is 1.15 bits per heavy atom. The molecule has 1 saturated heterocycles. The minimum atomic E-state index is -0.344. The predicted molar refractivity (Wildman–Crippen MR) is 81.5 cm³/mol. The molecular formula is C18H25NO. The van der Waals surface area contributed by atoms with E-state index in [-0.39, 0.29) is 5.54 Å². The highest BCUT2D eigenvalue weighted by Crippen LogP contribution is 2.44. The number of ketones is 1. The number of carbonyl (C=O) groups excluding carboxylic acids is 1. The maximum absolute atomic E-state index is 12.9. The Balaban J connectivity index is 2.06. The van der Waals surface area contributed by atoms with Crippen molar-refractivity contribution in [2.45, 2.75) is 57.5 Å². The largest absolute Gasteiger partial charge is 0.297 e. The maximum Gasteiger partial charge on any atom is 0.157 e. The number of carbonyl (C=O) groups is 1. The molecule has 1 heterocycles. The van der Waals surface area contributed by atoms with Gasteiger partial charge in [-0.25, -0.2) is 0 Å². The van der Waals surface area contributed by atoms with Crippen molar-refractivity contribution in [3.63, 3.8) is 0 Å². The smallest absolute Gasteiger partial charge is 0.157 e. The molecule has 2 nitrogen and oxygen atoms in total. The molecule has 2 unspecified atom stereocenters. The summed E-state index contributed by atoms with van der Waals surface area (Å²) in [6.07, 6.45) is 5.17. The number of hydrogen-bond acceptors (Lipinski definition) is 2. The predicted octanol–water partition coefficient (Wildman–Crippen LogP) is 3.76. The molecule has 2 fully saturated rings. The van der Waals surface area contributed by atoms with Crippen LogP contribution in [0.25, 0.3) is 0 Å². The van der Waals surface area contributed by atoms with Crippen LogP contribution >= 0.6 is 0 Å². The van der Waals surface area contributed by atoms with Gasteiger partial charge in [-0.1, -0.05) is 43.7 Å². The first-order valence-corrected chi connectivity index (χ1v) is 8.02. The van der Waals surface area contributed by atoms with E-state index < -0.39 is 0 Å². The standard InChI is InChI=1S/C18H25NO/c1-14-11-13-19(15(14)2)18(12-7-6-10-17(18)20)16-8-4-3-5-9-16/h3-5,8-9,14-15H,6-7,10-13H2,1-2H3/t14?,15?,18-/m0/s1. The highest BCUT2D eigenvalue weighted by Gasteiger charge is 2.50. The molecule has 1 aromatic carbocycles. The number of nitrogens with zero attached hydrogens (tertiary/aromatic N) is 1. The summed E-state index contributed by atoms with van der Waals surface area (Å²) in [6.45, 7) is 5.67. The van der Waals surface area contributed by atoms with Gasteiger partial charge in [-0.15, -0.1) is 0 Å². The number of benzene rings is 1. The maximum atomic E-state index is 12.9. The van der Waals surface area contributed by atoms with Crippen LogP contribution in [0.15, 0.2) is 30.3 Å². The summed E-state index contributed by atoms with van der Waals surface area (Å²) in [6, 6.07) is 11.0. The second-order valence-corrected chi connectivity index (χ2v) is 6.56. The molecule has 2 heteroatoms. The van der Waals surface area contributed by atoms with Crippen molar-refractivity contribution in [2.75, 3.05) is 6.54 Å². The van der Waals surface area contributed by atoms with Crippen molar-refractivity contribution < 1.29 is 4.79 Å². The monoisotopic (exact) mass is 271 g/mol. The molecule has 1 aliphatic carbocycles. The molecule has 3 rings (SSSR count). The summed E-state index contributed by atoms with van der Waals surface area (Å²) in [4.78, 5) is 15.4. The zero-order valence-electron chi connectivity index (χ0n) is 12.6. The van der Waals surface area contributed by atoms with Crippen molar-refractivity contribution in [1.82, 2.24) is 4.90 Å². The normalized spacial score (nSPS) is 35.4. The van der Waals surface area contributed by atoms with E-state index in [1.54, 1.807) is 0 Å². The van der Waals surface area contributed by atoms with Crippen LogP contribution in [-0.2, 0) is 10.3 Å². The summed E-state index contributed by atoms with van der Waals surface area (Å²) in [5.74, 6) is 1.13. The van der Waals surface area contributed by atoms with Crippen LogP contribution in [0.2, 0.25) is 0 Å². The van der Waals surface area contributed by atoms with Crippen molar-refractivity contribution in [3.05, 3.63) is 35.9 Å². The quantitative estimate of drug-likeness (QED) is 0.816. The van der Waals surface area contributed by atoms with Gasteiger partial charge in [0.15, 0.2) is 5.78 Å². The fourth-order valence-corrected chi connectivity index (χ4v) is 4.13. The van der Waals surface area contributed by atoms with Gasteiger partial charge in [-0.3, -0.25) is 9.69 Å². The van der Waals surface area contributed by atoms with Crippen LogP contribution in [0.4, 0.5) is 0 Å². The van der Waals surface area contributed by atoms with Crippen LogP contribution in [0.3, 0.4) is 0 Å². The molecule has 0 aromatic heterocycles. The Bertz CT molecular complexity index is 483. The Morgan fingerprint density at radius 3 is 2.50 bits per heavy atom. The molecule has 0 bridgehead atoms. The Labute approximate surface area is 122 Å². The first-order valence-electron chi connectivity index (χ1n) is 8.02. The molecule has 0 radical (unpaired) electrons. The average Bonchev–Trinajstić information content (AvgIpc) is 2.81. The Kier molecular flexibility index (Phi) is 3.68. The molecule has 3 atom stereocenters. The van der Waals surface area contributed by atoms with Gasteiger partial charge < -0.3 is 0 Å². The van der Waals surface area contributed by atoms with E-state index in [9.17, 15) is 4.79 Å². The average molecular weight is 271 g/mol. The zero-order valence-corrected chi connectivity index (χ0v) is 12.6. The van der Waals surface area contributed by atoms with Gasteiger partial charge in [0.1, 0.15) is 5.54 Å². The van der Waals surface area contributed by atoms with Crippen molar-refractivity contribution in [2.24, 2.45) is 5.92 Å². The third kappa shape index (κ3) is 2.01. The van der Waals surface area contributed by atoms with Crippen molar-refractivity contribution >= 4 is 5.78 Å². The fraction of sp³-hybridized carbons (Fsp3) is 0.611.